The summed E-state index contributed by atoms with van der Waals surface area (Å²) in [6, 6.07) is 9.89. The van der Waals surface area contributed by atoms with Gasteiger partial charge in [0, 0.05) is 22.6 Å². The van der Waals surface area contributed by atoms with Crippen molar-refractivity contribution in [1.29, 1.82) is 0 Å². The van der Waals surface area contributed by atoms with E-state index in [2.05, 4.69) is 4.98 Å². The summed E-state index contributed by atoms with van der Waals surface area (Å²) in [6.45, 7) is 5.50. The molecule has 6 heteroatoms. The third-order valence-corrected chi connectivity index (χ3v) is 4.36. The Hall–Kier alpha value is -3.28. The number of fused-ring (bicyclic) bond motifs is 1. The van der Waals surface area contributed by atoms with Crippen LogP contribution in [0.15, 0.2) is 36.4 Å². The number of benzene rings is 2. The summed E-state index contributed by atoms with van der Waals surface area (Å²) in [6.07, 6.45) is 0. The molecule has 0 saturated heterocycles. The van der Waals surface area contributed by atoms with Crippen molar-refractivity contribution in [3.63, 3.8) is 0 Å². The molecule has 1 N–H and O–H groups in total. The molecule has 3 rings (SSSR count). The average Bonchev–Trinajstić information content (AvgIpc) is 2.55. The molecule has 2 aromatic carbocycles. The molecule has 1 aromatic heterocycles. The minimum atomic E-state index is -1.06. The Kier molecular flexibility index (Phi) is 3.96. The third-order valence-electron chi connectivity index (χ3n) is 4.36. The Morgan fingerprint density at radius 1 is 1.04 bits per heavy atom. The number of carbonyl (C=O) groups is 1. The average molecular weight is 336 g/mol. The van der Waals surface area contributed by atoms with Gasteiger partial charge in [0.1, 0.15) is 0 Å². The van der Waals surface area contributed by atoms with E-state index in [-0.39, 0.29) is 11.3 Å². The van der Waals surface area contributed by atoms with Gasteiger partial charge in [0.2, 0.25) is 0 Å². The topological polar surface area (TPSA) is 93.3 Å². The maximum atomic E-state index is 11.7. The second-order valence-electron chi connectivity index (χ2n) is 6.07. The summed E-state index contributed by atoms with van der Waals surface area (Å²) in [5.74, 6) is -1.06. The number of rotatable bonds is 3. The van der Waals surface area contributed by atoms with Crippen LogP contribution in [0.2, 0.25) is 0 Å². The van der Waals surface area contributed by atoms with Crippen molar-refractivity contribution in [2.45, 2.75) is 20.8 Å². The number of nitro benzene ring substituents is 1. The van der Waals surface area contributed by atoms with Gasteiger partial charge in [-0.25, -0.2) is 9.78 Å². The van der Waals surface area contributed by atoms with Crippen LogP contribution in [-0.4, -0.2) is 21.0 Å². The van der Waals surface area contributed by atoms with Crippen LogP contribution in [0.1, 0.15) is 27.0 Å². The highest BCUT2D eigenvalue weighted by Crippen LogP contribution is 2.30. The van der Waals surface area contributed by atoms with Crippen LogP contribution < -0.4 is 0 Å². The lowest BCUT2D eigenvalue weighted by molar-refractivity contribution is -0.385. The zero-order valence-electron chi connectivity index (χ0n) is 14.0. The van der Waals surface area contributed by atoms with Gasteiger partial charge in [-0.3, -0.25) is 10.1 Å². The third kappa shape index (κ3) is 2.94. The molecule has 126 valence electrons. The molecule has 1 heterocycles. The molecule has 0 saturated carbocycles. The summed E-state index contributed by atoms with van der Waals surface area (Å²) in [4.78, 5) is 26.9. The van der Waals surface area contributed by atoms with E-state index in [1.165, 1.54) is 12.1 Å². The number of hydrogen-bond acceptors (Lipinski definition) is 4. The van der Waals surface area contributed by atoms with Gasteiger partial charge in [-0.1, -0.05) is 12.1 Å². The molecule has 25 heavy (non-hydrogen) atoms. The van der Waals surface area contributed by atoms with Crippen LogP contribution in [0.3, 0.4) is 0 Å². The fourth-order valence-corrected chi connectivity index (χ4v) is 2.78. The second kappa shape index (κ2) is 5.98. The molecule has 0 radical (unpaired) electrons. The first-order valence-corrected chi connectivity index (χ1v) is 7.68. The Labute approximate surface area is 143 Å². The van der Waals surface area contributed by atoms with E-state index < -0.39 is 10.9 Å². The van der Waals surface area contributed by atoms with Crippen molar-refractivity contribution >= 4 is 22.6 Å². The molecule has 0 aliphatic heterocycles. The van der Waals surface area contributed by atoms with Gasteiger partial charge in [0.25, 0.3) is 5.69 Å². The van der Waals surface area contributed by atoms with Crippen LogP contribution in [0.5, 0.6) is 0 Å². The van der Waals surface area contributed by atoms with Crippen LogP contribution >= 0.6 is 0 Å². The fraction of sp³-hybridized carbons (Fsp3) is 0.158. The van der Waals surface area contributed by atoms with E-state index in [4.69, 9.17) is 0 Å². The van der Waals surface area contributed by atoms with Crippen LogP contribution in [0.25, 0.3) is 22.2 Å². The van der Waals surface area contributed by atoms with Crippen LogP contribution in [0.4, 0.5) is 5.69 Å². The summed E-state index contributed by atoms with van der Waals surface area (Å²) in [7, 11) is 0. The van der Waals surface area contributed by atoms with E-state index in [1.54, 1.807) is 19.1 Å². The van der Waals surface area contributed by atoms with Gasteiger partial charge in [0.05, 0.1) is 21.7 Å². The number of pyridine rings is 1. The van der Waals surface area contributed by atoms with E-state index in [0.717, 1.165) is 11.1 Å². The number of nitro groups is 1. The zero-order chi connectivity index (χ0) is 18.3. The molecule has 0 fully saturated rings. The summed E-state index contributed by atoms with van der Waals surface area (Å²) >= 11 is 0. The van der Waals surface area contributed by atoms with Crippen molar-refractivity contribution in [2.75, 3.05) is 0 Å². The lowest BCUT2D eigenvalue weighted by Crippen LogP contribution is -2.01. The van der Waals surface area contributed by atoms with Crippen molar-refractivity contribution < 1.29 is 14.8 Å². The van der Waals surface area contributed by atoms with Crippen molar-refractivity contribution in [3.05, 3.63) is 68.8 Å². The van der Waals surface area contributed by atoms with Crippen LogP contribution in [0, 0.1) is 30.9 Å². The SMILES string of the molecule is Cc1cc2nc(-c3ccc(C)c([N+](=O)[O-])c3)cc(C(=O)O)c2cc1C. The standard InChI is InChI=1S/C19H16N2O4/c1-10-4-5-13(8-18(10)21(24)25)16-9-15(19(22)23)14-6-11(2)12(3)7-17(14)20-16/h4-9H,1-3H3,(H,22,23). The van der Waals surface area contributed by atoms with E-state index in [9.17, 15) is 20.0 Å². The molecule has 0 spiro atoms. The first-order chi connectivity index (χ1) is 11.8. The highest BCUT2D eigenvalue weighted by Gasteiger charge is 2.17. The number of nitrogens with zero attached hydrogens (tertiary/aromatic N) is 2. The lowest BCUT2D eigenvalue weighted by atomic mass is 9.99. The Morgan fingerprint density at radius 3 is 2.36 bits per heavy atom. The largest absolute Gasteiger partial charge is 0.478 e. The molecule has 0 unspecified atom stereocenters. The summed E-state index contributed by atoms with van der Waals surface area (Å²) in [5, 5.41) is 21.3. The van der Waals surface area contributed by atoms with Gasteiger partial charge >= 0.3 is 5.97 Å². The highest BCUT2D eigenvalue weighted by atomic mass is 16.6. The highest BCUT2D eigenvalue weighted by molar-refractivity contribution is 6.04. The normalized spacial score (nSPS) is 10.8. The predicted octanol–water partition coefficient (Wildman–Crippen LogP) is 4.43. The number of carboxylic acid groups (broad SMARTS) is 1. The van der Waals surface area contributed by atoms with E-state index >= 15 is 0 Å². The number of hydrogen-bond donors (Lipinski definition) is 1. The van der Waals surface area contributed by atoms with E-state index in [0.29, 0.717) is 27.7 Å². The lowest BCUT2D eigenvalue weighted by Gasteiger charge is -2.10. The summed E-state index contributed by atoms with van der Waals surface area (Å²) in [5.41, 5.74) is 4.11. The number of carboxylic acids is 1. The van der Waals surface area contributed by atoms with Gasteiger partial charge in [-0.05, 0) is 50.1 Å². The Bertz CT molecular complexity index is 1040. The molecule has 3 aromatic rings. The number of aromatic nitrogens is 1. The molecule has 0 aliphatic rings. The van der Waals surface area contributed by atoms with Gasteiger partial charge in [-0.2, -0.15) is 0 Å². The van der Waals surface area contributed by atoms with Crippen molar-refractivity contribution in [1.82, 2.24) is 4.98 Å². The maximum Gasteiger partial charge on any atom is 0.336 e. The summed E-state index contributed by atoms with van der Waals surface area (Å²) < 4.78 is 0. The molecular formula is C19H16N2O4. The monoisotopic (exact) mass is 336 g/mol. The fourth-order valence-electron chi connectivity index (χ4n) is 2.78. The molecule has 0 atom stereocenters. The minimum Gasteiger partial charge on any atom is -0.478 e. The Morgan fingerprint density at radius 2 is 1.72 bits per heavy atom. The number of aryl methyl sites for hydroxylation is 3. The van der Waals surface area contributed by atoms with Crippen molar-refractivity contribution in [3.8, 4) is 11.3 Å². The predicted molar refractivity (Wildman–Crippen MR) is 95.0 cm³/mol. The molecule has 0 amide bonds. The van der Waals surface area contributed by atoms with Gasteiger partial charge in [-0.15, -0.1) is 0 Å². The van der Waals surface area contributed by atoms with E-state index in [1.807, 2.05) is 26.0 Å². The first-order valence-electron chi connectivity index (χ1n) is 7.68. The number of aromatic carboxylic acids is 1. The van der Waals surface area contributed by atoms with Crippen molar-refractivity contribution in [2.24, 2.45) is 0 Å². The maximum absolute atomic E-state index is 11.7. The molecule has 0 bridgehead atoms. The second-order valence-corrected chi connectivity index (χ2v) is 6.07. The molecule has 0 aliphatic carbocycles. The van der Waals surface area contributed by atoms with Gasteiger partial charge in [0.15, 0.2) is 0 Å². The smallest absolute Gasteiger partial charge is 0.336 e. The van der Waals surface area contributed by atoms with Crippen LogP contribution in [-0.2, 0) is 0 Å². The zero-order valence-corrected chi connectivity index (χ0v) is 14.0. The molecular weight excluding hydrogens is 320 g/mol. The molecule has 6 nitrogen and oxygen atoms in total. The Balaban J connectivity index is 2.31. The van der Waals surface area contributed by atoms with Gasteiger partial charge < -0.3 is 5.11 Å². The minimum absolute atomic E-state index is 0.0173. The first kappa shape index (κ1) is 16.6. The quantitative estimate of drug-likeness (QED) is 0.564.